The van der Waals surface area contributed by atoms with Crippen LogP contribution in [0.2, 0.25) is 0 Å². The number of nitrogens with one attached hydrogen (secondary N) is 2. The molecular weight excluding hydrogens is 403 g/mol. The molecule has 0 heterocycles. The van der Waals surface area contributed by atoms with Gasteiger partial charge in [-0.15, -0.1) is 0 Å². The quantitative estimate of drug-likeness (QED) is 0.117. The third kappa shape index (κ3) is 24.3. The Morgan fingerprint density at radius 3 is 1.57 bits per heavy atom. The van der Waals surface area contributed by atoms with Gasteiger partial charge in [-0.1, -0.05) is 57.8 Å². The molecule has 7 nitrogen and oxygen atoms in total. The Hall–Kier alpha value is -0.0100. The van der Waals surface area contributed by atoms with E-state index < -0.39 is 7.82 Å². The van der Waals surface area contributed by atoms with E-state index in [0.29, 0.717) is 13.2 Å². The predicted molar refractivity (Wildman–Crippen MR) is 125 cm³/mol. The van der Waals surface area contributed by atoms with Crippen LogP contribution in [-0.2, 0) is 13.6 Å². The third-order valence-electron chi connectivity index (χ3n) is 5.01. The number of phosphoric acid groups is 1. The zero-order valence-corrected chi connectivity index (χ0v) is 20.3. The highest BCUT2D eigenvalue weighted by Crippen LogP contribution is 2.42. The molecule has 0 aliphatic carbocycles. The first-order chi connectivity index (χ1) is 14.6. The summed E-state index contributed by atoms with van der Waals surface area (Å²) in [7, 11) is -3.80. The lowest BCUT2D eigenvalue weighted by molar-refractivity contribution is 0.153. The first-order valence-corrected chi connectivity index (χ1v) is 13.8. The molecule has 1 unspecified atom stereocenters. The minimum Gasteiger partial charge on any atom is -0.396 e. The molecule has 0 amide bonds. The van der Waals surface area contributed by atoms with Crippen LogP contribution in [0.5, 0.6) is 0 Å². The molecule has 30 heavy (non-hydrogen) atoms. The van der Waals surface area contributed by atoms with Crippen molar-refractivity contribution in [2.75, 3.05) is 46.0 Å². The SMILES string of the molecule is CCOP(=O)(O)OCCCCCCCCCCCCCNCCCNCCCCO. The van der Waals surface area contributed by atoms with Crippen molar-refractivity contribution in [1.29, 1.82) is 0 Å². The minimum atomic E-state index is -3.80. The van der Waals surface area contributed by atoms with Gasteiger partial charge in [-0.3, -0.25) is 9.05 Å². The van der Waals surface area contributed by atoms with Crippen LogP contribution in [0.1, 0.15) is 96.8 Å². The molecule has 0 saturated carbocycles. The van der Waals surface area contributed by atoms with E-state index in [4.69, 9.17) is 9.63 Å². The van der Waals surface area contributed by atoms with Crippen LogP contribution in [0, 0.1) is 0 Å². The molecule has 8 heteroatoms. The average Bonchev–Trinajstić information content (AvgIpc) is 2.71. The highest BCUT2D eigenvalue weighted by Gasteiger charge is 2.18. The van der Waals surface area contributed by atoms with Crippen molar-refractivity contribution >= 4 is 7.82 Å². The van der Waals surface area contributed by atoms with E-state index >= 15 is 0 Å². The number of unbranched alkanes of at least 4 members (excludes halogenated alkanes) is 11. The summed E-state index contributed by atoms with van der Waals surface area (Å²) in [6.07, 6.45) is 16.6. The first-order valence-electron chi connectivity index (χ1n) is 12.3. The maximum absolute atomic E-state index is 11.3. The van der Waals surface area contributed by atoms with E-state index in [1.165, 1.54) is 57.8 Å². The van der Waals surface area contributed by atoms with Crippen molar-refractivity contribution in [3.05, 3.63) is 0 Å². The van der Waals surface area contributed by atoms with Gasteiger partial charge >= 0.3 is 7.82 Å². The van der Waals surface area contributed by atoms with Crippen LogP contribution in [0.4, 0.5) is 0 Å². The number of phosphoric ester groups is 1. The monoisotopic (exact) mass is 452 g/mol. The number of aliphatic hydroxyl groups is 1. The lowest BCUT2D eigenvalue weighted by Crippen LogP contribution is -2.23. The second-order valence-electron chi connectivity index (χ2n) is 7.89. The fourth-order valence-electron chi connectivity index (χ4n) is 3.27. The van der Waals surface area contributed by atoms with Gasteiger partial charge in [0.25, 0.3) is 0 Å². The van der Waals surface area contributed by atoms with E-state index in [1.807, 2.05) is 0 Å². The molecule has 0 radical (unpaired) electrons. The Balaban J connectivity index is 3.09. The Labute approximate surface area is 185 Å². The Kier molecular flexibility index (Phi) is 23.6. The standard InChI is InChI=1S/C22H49N2O5P/c1-2-28-30(26,27)29-22-15-11-9-7-5-3-4-6-8-10-12-17-23-19-16-20-24-18-13-14-21-25/h23-25H,2-22H2,1H3,(H,26,27). The van der Waals surface area contributed by atoms with Crippen LogP contribution >= 0.6 is 7.82 Å². The lowest BCUT2D eigenvalue weighted by atomic mass is 10.1. The van der Waals surface area contributed by atoms with Crippen molar-refractivity contribution in [3.8, 4) is 0 Å². The molecule has 0 aliphatic heterocycles. The summed E-state index contributed by atoms with van der Waals surface area (Å²) in [6, 6.07) is 0. The van der Waals surface area contributed by atoms with E-state index in [2.05, 4.69) is 15.2 Å². The van der Waals surface area contributed by atoms with Crippen molar-refractivity contribution in [1.82, 2.24) is 10.6 Å². The van der Waals surface area contributed by atoms with E-state index in [9.17, 15) is 9.46 Å². The molecule has 0 aromatic rings. The van der Waals surface area contributed by atoms with Crippen LogP contribution in [0.25, 0.3) is 0 Å². The maximum Gasteiger partial charge on any atom is 0.472 e. The number of aliphatic hydroxyl groups excluding tert-OH is 1. The molecule has 0 fully saturated rings. The van der Waals surface area contributed by atoms with Gasteiger partial charge in [0.2, 0.25) is 0 Å². The van der Waals surface area contributed by atoms with Crippen molar-refractivity contribution in [2.45, 2.75) is 96.8 Å². The van der Waals surface area contributed by atoms with Crippen LogP contribution in [0.3, 0.4) is 0 Å². The van der Waals surface area contributed by atoms with Gasteiger partial charge in [0, 0.05) is 6.61 Å². The molecule has 0 aromatic carbocycles. The van der Waals surface area contributed by atoms with Gasteiger partial charge in [0.1, 0.15) is 0 Å². The van der Waals surface area contributed by atoms with Gasteiger partial charge < -0.3 is 20.6 Å². The second-order valence-corrected chi connectivity index (χ2v) is 9.35. The summed E-state index contributed by atoms with van der Waals surface area (Å²) in [6.45, 7) is 6.75. The van der Waals surface area contributed by atoms with Gasteiger partial charge in [0.15, 0.2) is 0 Å². The second kappa shape index (κ2) is 23.6. The molecule has 0 aliphatic rings. The fraction of sp³-hybridized carbons (Fsp3) is 1.00. The van der Waals surface area contributed by atoms with Crippen LogP contribution < -0.4 is 10.6 Å². The smallest absolute Gasteiger partial charge is 0.396 e. The Morgan fingerprint density at radius 2 is 1.07 bits per heavy atom. The van der Waals surface area contributed by atoms with Crippen molar-refractivity contribution in [2.24, 2.45) is 0 Å². The van der Waals surface area contributed by atoms with E-state index in [0.717, 1.165) is 58.3 Å². The molecule has 182 valence electrons. The number of hydrogen-bond donors (Lipinski definition) is 4. The largest absolute Gasteiger partial charge is 0.472 e. The van der Waals surface area contributed by atoms with Gasteiger partial charge in [-0.25, -0.2) is 4.57 Å². The van der Waals surface area contributed by atoms with Gasteiger partial charge in [-0.2, -0.15) is 0 Å². The Bertz CT molecular complexity index is 389. The van der Waals surface area contributed by atoms with Gasteiger partial charge in [0.05, 0.1) is 13.2 Å². The van der Waals surface area contributed by atoms with Crippen LogP contribution in [-0.4, -0.2) is 56.0 Å². The average molecular weight is 453 g/mol. The predicted octanol–water partition coefficient (Wildman–Crippen LogP) is 4.77. The van der Waals surface area contributed by atoms with E-state index in [-0.39, 0.29) is 6.61 Å². The zero-order chi connectivity index (χ0) is 22.2. The molecule has 4 N–H and O–H groups in total. The fourth-order valence-corrected chi connectivity index (χ4v) is 4.03. The summed E-state index contributed by atoms with van der Waals surface area (Å²) >= 11 is 0. The summed E-state index contributed by atoms with van der Waals surface area (Å²) in [5.41, 5.74) is 0. The number of rotatable bonds is 25. The Morgan fingerprint density at radius 1 is 0.633 bits per heavy atom. The maximum atomic E-state index is 11.3. The molecule has 0 spiro atoms. The highest BCUT2D eigenvalue weighted by atomic mass is 31.2. The van der Waals surface area contributed by atoms with Crippen molar-refractivity contribution in [3.63, 3.8) is 0 Å². The molecular formula is C22H49N2O5P. The highest BCUT2D eigenvalue weighted by molar-refractivity contribution is 7.47. The zero-order valence-electron chi connectivity index (χ0n) is 19.4. The van der Waals surface area contributed by atoms with Crippen LogP contribution in [0.15, 0.2) is 0 Å². The summed E-state index contributed by atoms with van der Waals surface area (Å²) < 4.78 is 20.9. The van der Waals surface area contributed by atoms with Gasteiger partial charge in [-0.05, 0) is 65.2 Å². The minimum absolute atomic E-state index is 0.191. The molecule has 1 atom stereocenters. The third-order valence-corrected chi connectivity index (χ3v) is 6.11. The number of hydrogen-bond acceptors (Lipinski definition) is 6. The summed E-state index contributed by atoms with van der Waals surface area (Å²) in [5, 5.41) is 15.6. The molecule has 0 saturated heterocycles. The normalized spacial score (nSPS) is 13.6. The summed E-state index contributed by atoms with van der Waals surface area (Å²) in [5.74, 6) is 0. The summed E-state index contributed by atoms with van der Waals surface area (Å²) in [4.78, 5) is 9.28. The first kappa shape index (κ1) is 30.0. The van der Waals surface area contributed by atoms with Crippen molar-refractivity contribution < 1.29 is 23.6 Å². The molecule has 0 rings (SSSR count). The molecule has 0 aromatic heterocycles. The van der Waals surface area contributed by atoms with E-state index in [1.54, 1.807) is 6.92 Å². The molecule has 0 bridgehead atoms. The lowest BCUT2D eigenvalue weighted by Gasteiger charge is -2.10. The topological polar surface area (TPSA) is 100 Å².